The van der Waals surface area contributed by atoms with Crippen molar-refractivity contribution in [2.45, 2.75) is 38.3 Å². The molecule has 1 aliphatic heterocycles. The van der Waals surface area contributed by atoms with E-state index in [-0.39, 0.29) is 11.1 Å². The average Bonchev–Trinajstić information content (AvgIpc) is 3.17. The van der Waals surface area contributed by atoms with Crippen LogP contribution in [0.2, 0.25) is 0 Å². The molecule has 37 heavy (non-hydrogen) atoms. The number of ether oxygens (including phenoxy) is 2. The molecule has 1 atom stereocenters. The van der Waals surface area contributed by atoms with E-state index in [9.17, 15) is 14.4 Å². The highest BCUT2D eigenvalue weighted by atomic mass is 16.5. The number of methoxy groups -OCH3 is 1. The van der Waals surface area contributed by atoms with Gasteiger partial charge in [0.2, 0.25) is 6.10 Å². The van der Waals surface area contributed by atoms with Crippen LogP contribution in [0.5, 0.6) is 5.75 Å². The summed E-state index contributed by atoms with van der Waals surface area (Å²) in [6.45, 7) is 0.655. The third-order valence-electron chi connectivity index (χ3n) is 6.45. The van der Waals surface area contributed by atoms with E-state index in [0.717, 1.165) is 31.5 Å². The Bertz CT molecular complexity index is 1510. The van der Waals surface area contributed by atoms with Gasteiger partial charge in [0, 0.05) is 30.3 Å². The lowest BCUT2D eigenvalue weighted by Crippen LogP contribution is -2.26. The van der Waals surface area contributed by atoms with Crippen molar-refractivity contribution in [2.75, 3.05) is 12.4 Å². The van der Waals surface area contributed by atoms with Crippen molar-refractivity contribution in [3.63, 3.8) is 0 Å². The summed E-state index contributed by atoms with van der Waals surface area (Å²) in [6.07, 6.45) is 2.50. The molecule has 0 radical (unpaired) electrons. The van der Waals surface area contributed by atoms with Gasteiger partial charge in [-0.1, -0.05) is 42.8 Å². The number of carbonyl (C=O) groups excluding carboxylic acids is 2. The van der Waals surface area contributed by atoms with Crippen molar-refractivity contribution < 1.29 is 19.1 Å². The monoisotopic (exact) mass is 497 g/mol. The van der Waals surface area contributed by atoms with Gasteiger partial charge in [0.05, 0.1) is 23.6 Å². The zero-order chi connectivity index (χ0) is 25.8. The van der Waals surface area contributed by atoms with Crippen LogP contribution in [0.4, 0.5) is 5.69 Å². The summed E-state index contributed by atoms with van der Waals surface area (Å²) in [5.41, 5.74) is 1.61. The lowest BCUT2D eigenvalue weighted by molar-refractivity contribution is -0.125. The summed E-state index contributed by atoms with van der Waals surface area (Å²) in [5, 5.41) is 3.25. The molecule has 0 saturated carbocycles. The smallest absolute Gasteiger partial charge is 0.339 e. The van der Waals surface area contributed by atoms with Gasteiger partial charge in [-0.3, -0.25) is 14.2 Å². The number of hydrogen-bond donors (Lipinski definition) is 1. The maximum Gasteiger partial charge on any atom is 0.339 e. The summed E-state index contributed by atoms with van der Waals surface area (Å²) in [5.74, 6) is 0.132. The van der Waals surface area contributed by atoms with Gasteiger partial charge >= 0.3 is 5.97 Å². The quantitative estimate of drug-likeness (QED) is 0.389. The molecule has 0 bridgehead atoms. The number of rotatable bonds is 6. The summed E-state index contributed by atoms with van der Waals surface area (Å²) < 4.78 is 12.7. The number of aromatic nitrogens is 2. The fourth-order valence-electron chi connectivity index (χ4n) is 4.53. The van der Waals surface area contributed by atoms with Crippen LogP contribution in [0.3, 0.4) is 0 Å². The summed E-state index contributed by atoms with van der Waals surface area (Å²) >= 11 is 0. The van der Waals surface area contributed by atoms with Crippen LogP contribution in [0, 0.1) is 0 Å². The molecule has 0 fully saturated rings. The number of hydrogen-bond acceptors (Lipinski definition) is 6. The first-order valence-electron chi connectivity index (χ1n) is 12.3. The van der Waals surface area contributed by atoms with Crippen molar-refractivity contribution in [1.29, 1.82) is 0 Å². The number of carbonyl (C=O) groups is 2. The molecule has 8 heteroatoms. The van der Waals surface area contributed by atoms with Crippen LogP contribution < -0.4 is 15.6 Å². The van der Waals surface area contributed by atoms with E-state index in [2.05, 4.69) is 10.3 Å². The first-order chi connectivity index (χ1) is 18.0. The van der Waals surface area contributed by atoms with E-state index in [1.165, 1.54) is 0 Å². The highest BCUT2D eigenvalue weighted by Gasteiger charge is 2.26. The Morgan fingerprint density at radius 1 is 0.973 bits per heavy atom. The van der Waals surface area contributed by atoms with Crippen LogP contribution in [-0.2, 0) is 22.5 Å². The molecule has 3 aromatic carbocycles. The molecule has 0 aliphatic carbocycles. The largest absolute Gasteiger partial charge is 0.497 e. The topological polar surface area (TPSA) is 99.5 Å². The third-order valence-corrected chi connectivity index (χ3v) is 6.45. The minimum atomic E-state index is -1.19. The van der Waals surface area contributed by atoms with Gasteiger partial charge in [0.25, 0.3) is 11.5 Å². The molecule has 8 nitrogen and oxygen atoms in total. The van der Waals surface area contributed by atoms with E-state index < -0.39 is 18.0 Å². The molecular weight excluding hydrogens is 470 g/mol. The Morgan fingerprint density at radius 3 is 2.62 bits per heavy atom. The average molecular weight is 498 g/mol. The number of fused-ring (bicyclic) bond motifs is 2. The third kappa shape index (κ3) is 5.23. The summed E-state index contributed by atoms with van der Waals surface area (Å²) in [7, 11) is 1.54. The molecule has 0 saturated heterocycles. The second-order valence-corrected chi connectivity index (χ2v) is 8.94. The fraction of sp³-hybridized carbons (Fsp3) is 0.241. The molecule has 0 spiro atoms. The summed E-state index contributed by atoms with van der Waals surface area (Å²) in [6, 6.07) is 20.4. The first-order valence-corrected chi connectivity index (χ1v) is 12.3. The molecule has 1 aromatic heterocycles. The van der Waals surface area contributed by atoms with Crippen LogP contribution in [0.1, 0.15) is 47.1 Å². The zero-order valence-corrected chi connectivity index (χ0v) is 20.5. The lowest BCUT2D eigenvalue weighted by atomic mass is 10.1. The molecule has 1 aliphatic rings. The van der Waals surface area contributed by atoms with Crippen molar-refractivity contribution in [3.05, 3.63) is 100 Å². The van der Waals surface area contributed by atoms with Crippen molar-refractivity contribution in [2.24, 2.45) is 0 Å². The number of aryl methyl sites for hydroxylation is 1. The molecule has 1 N–H and O–H groups in total. The van der Waals surface area contributed by atoms with Gasteiger partial charge in [-0.2, -0.15) is 0 Å². The summed E-state index contributed by atoms with van der Waals surface area (Å²) in [4.78, 5) is 44.2. The predicted molar refractivity (Wildman–Crippen MR) is 140 cm³/mol. The van der Waals surface area contributed by atoms with Crippen LogP contribution in [-0.4, -0.2) is 28.5 Å². The highest BCUT2D eigenvalue weighted by molar-refractivity contribution is 5.99. The van der Waals surface area contributed by atoms with Crippen LogP contribution in [0.25, 0.3) is 10.9 Å². The minimum absolute atomic E-state index is 0.0957. The standard InChI is InChI=1S/C29H27N3O5/c1-36-22-12-8-11-21(18-22)30-27(33)26(19-9-4-2-5-10-19)37-29(35)20-14-15-23-24(17-20)31-25-13-6-3-7-16-32(25)28(23)34/h2,4-5,8-12,14-15,17-18,26H,3,6-7,13,16H2,1H3,(H,30,33)/t26-/m0/s1. The number of anilines is 1. The fourth-order valence-corrected chi connectivity index (χ4v) is 4.53. The number of nitrogens with zero attached hydrogens (tertiary/aromatic N) is 2. The lowest BCUT2D eigenvalue weighted by Gasteiger charge is -2.18. The van der Waals surface area contributed by atoms with Crippen LogP contribution >= 0.6 is 0 Å². The van der Waals surface area contributed by atoms with E-state index in [1.807, 2.05) is 6.07 Å². The SMILES string of the molecule is COc1cccc(NC(=O)[C@@H](OC(=O)c2ccc3c(=O)n4c(nc3c2)CCCCC4)c2ccccc2)c1. The first kappa shape index (κ1) is 24.2. The van der Waals surface area contributed by atoms with Crippen molar-refractivity contribution >= 4 is 28.5 Å². The Kier molecular flexibility index (Phi) is 6.98. The van der Waals surface area contributed by atoms with Gasteiger partial charge in [-0.25, -0.2) is 9.78 Å². The van der Waals surface area contributed by atoms with Crippen molar-refractivity contribution in [3.8, 4) is 5.75 Å². The molecule has 1 amide bonds. The van der Waals surface area contributed by atoms with Crippen molar-refractivity contribution in [1.82, 2.24) is 9.55 Å². The number of amides is 1. The molecule has 4 aromatic rings. The Labute approximate surface area is 213 Å². The van der Waals surface area contributed by atoms with E-state index in [0.29, 0.717) is 34.4 Å². The van der Waals surface area contributed by atoms with Gasteiger partial charge in [-0.15, -0.1) is 0 Å². The van der Waals surface area contributed by atoms with Gasteiger partial charge < -0.3 is 14.8 Å². The number of benzene rings is 3. The molecule has 188 valence electrons. The van der Waals surface area contributed by atoms with E-state index >= 15 is 0 Å². The molecular formula is C29H27N3O5. The number of esters is 1. The van der Waals surface area contributed by atoms with Gasteiger partial charge in [0.1, 0.15) is 11.6 Å². The number of nitrogens with one attached hydrogen (secondary N) is 1. The second-order valence-electron chi connectivity index (χ2n) is 8.94. The Morgan fingerprint density at radius 2 is 1.81 bits per heavy atom. The van der Waals surface area contributed by atoms with Crippen LogP contribution in [0.15, 0.2) is 77.6 Å². The zero-order valence-electron chi connectivity index (χ0n) is 20.5. The minimum Gasteiger partial charge on any atom is -0.497 e. The maximum atomic E-state index is 13.2. The highest BCUT2D eigenvalue weighted by Crippen LogP contribution is 2.24. The Balaban J connectivity index is 1.44. The second kappa shape index (κ2) is 10.7. The molecule has 5 rings (SSSR count). The normalized spacial score (nSPS) is 13.8. The Hall–Kier alpha value is -4.46. The van der Waals surface area contributed by atoms with E-state index in [4.69, 9.17) is 9.47 Å². The predicted octanol–water partition coefficient (Wildman–Crippen LogP) is 4.67. The molecule has 2 heterocycles. The van der Waals surface area contributed by atoms with Gasteiger partial charge in [0.15, 0.2) is 0 Å². The van der Waals surface area contributed by atoms with Gasteiger partial charge in [-0.05, 0) is 43.2 Å². The molecule has 0 unspecified atom stereocenters. The van der Waals surface area contributed by atoms with E-state index in [1.54, 1.807) is 78.4 Å². The maximum absolute atomic E-state index is 13.2.